The molecule has 0 amide bonds. The molecule has 1 aliphatic carbocycles. The average molecular weight is 343 g/mol. The van der Waals surface area contributed by atoms with E-state index in [4.69, 9.17) is 0 Å². The number of hydrogen-bond donors (Lipinski definition) is 0. The molecule has 0 radical (unpaired) electrons. The SMILES string of the molecule is BrC(CCCC1CCCc2ccccc21)c1ccccc1. The van der Waals surface area contributed by atoms with Gasteiger partial charge in [0.05, 0.1) is 0 Å². The molecule has 0 saturated heterocycles. The standard InChI is InChI=1S/C20H23Br/c21-20(18-9-2-1-3-10-18)15-7-13-17-12-6-11-16-8-4-5-14-19(16)17/h1-5,8-10,14,17,20H,6-7,11-13,15H2. The van der Waals surface area contributed by atoms with Crippen molar-refractivity contribution in [2.24, 2.45) is 0 Å². The van der Waals surface area contributed by atoms with Crippen LogP contribution >= 0.6 is 15.9 Å². The predicted molar refractivity (Wildman–Crippen MR) is 94.1 cm³/mol. The summed E-state index contributed by atoms with van der Waals surface area (Å²) in [5, 5.41) is 0. The van der Waals surface area contributed by atoms with Crippen molar-refractivity contribution in [2.75, 3.05) is 0 Å². The van der Waals surface area contributed by atoms with Crippen LogP contribution in [0.25, 0.3) is 0 Å². The van der Waals surface area contributed by atoms with E-state index in [1.807, 2.05) is 0 Å². The third kappa shape index (κ3) is 3.77. The topological polar surface area (TPSA) is 0 Å². The fraction of sp³-hybridized carbons (Fsp3) is 0.400. The van der Waals surface area contributed by atoms with Gasteiger partial charge in [-0.3, -0.25) is 0 Å². The highest BCUT2D eigenvalue weighted by atomic mass is 79.9. The van der Waals surface area contributed by atoms with E-state index in [2.05, 4.69) is 70.5 Å². The van der Waals surface area contributed by atoms with Gasteiger partial charge < -0.3 is 0 Å². The molecular weight excluding hydrogens is 320 g/mol. The summed E-state index contributed by atoms with van der Waals surface area (Å²) in [6.07, 6.45) is 7.85. The summed E-state index contributed by atoms with van der Waals surface area (Å²) >= 11 is 3.84. The summed E-state index contributed by atoms with van der Waals surface area (Å²) < 4.78 is 0. The van der Waals surface area contributed by atoms with Crippen LogP contribution in [0.3, 0.4) is 0 Å². The zero-order chi connectivity index (χ0) is 14.5. The third-order valence-corrected chi connectivity index (χ3v) is 5.65. The number of fused-ring (bicyclic) bond motifs is 1. The molecule has 0 nitrogen and oxygen atoms in total. The highest BCUT2D eigenvalue weighted by molar-refractivity contribution is 9.09. The van der Waals surface area contributed by atoms with Crippen molar-refractivity contribution in [2.45, 2.75) is 49.3 Å². The van der Waals surface area contributed by atoms with Crippen LogP contribution < -0.4 is 0 Å². The van der Waals surface area contributed by atoms with Crippen LogP contribution in [0.4, 0.5) is 0 Å². The minimum absolute atomic E-state index is 0.498. The second-order valence-corrected chi connectivity index (χ2v) is 7.20. The molecule has 2 aromatic rings. The number of rotatable bonds is 5. The number of alkyl halides is 1. The second kappa shape index (κ2) is 7.26. The van der Waals surface area contributed by atoms with E-state index in [0.29, 0.717) is 4.83 Å². The molecule has 0 aliphatic heterocycles. The summed E-state index contributed by atoms with van der Waals surface area (Å²) in [7, 11) is 0. The zero-order valence-electron chi connectivity index (χ0n) is 12.5. The van der Waals surface area contributed by atoms with Gasteiger partial charge in [-0.25, -0.2) is 0 Å². The second-order valence-electron chi connectivity index (χ2n) is 6.10. The van der Waals surface area contributed by atoms with E-state index in [0.717, 1.165) is 5.92 Å². The molecule has 0 N–H and O–H groups in total. The van der Waals surface area contributed by atoms with Crippen LogP contribution in [-0.2, 0) is 6.42 Å². The smallest absolute Gasteiger partial charge is 0.0395 e. The van der Waals surface area contributed by atoms with Crippen molar-refractivity contribution in [3.8, 4) is 0 Å². The summed E-state index contributed by atoms with van der Waals surface area (Å²) in [6.45, 7) is 0. The maximum Gasteiger partial charge on any atom is 0.0395 e. The summed E-state index contributed by atoms with van der Waals surface area (Å²) in [5.74, 6) is 0.783. The van der Waals surface area contributed by atoms with E-state index in [-0.39, 0.29) is 0 Å². The fourth-order valence-electron chi connectivity index (χ4n) is 3.53. The Hall–Kier alpha value is -1.08. The Labute approximate surface area is 136 Å². The van der Waals surface area contributed by atoms with E-state index >= 15 is 0 Å². The Morgan fingerprint density at radius 3 is 2.62 bits per heavy atom. The van der Waals surface area contributed by atoms with Crippen LogP contribution in [0, 0.1) is 0 Å². The molecule has 0 fully saturated rings. The lowest BCUT2D eigenvalue weighted by atomic mass is 9.80. The third-order valence-electron chi connectivity index (χ3n) is 4.67. The van der Waals surface area contributed by atoms with Gasteiger partial charge in [-0.2, -0.15) is 0 Å². The molecule has 2 atom stereocenters. The summed E-state index contributed by atoms with van der Waals surface area (Å²) in [5.41, 5.74) is 4.61. The molecule has 1 aliphatic rings. The zero-order valence-corrected chi connectivity index (χ0v) is 14.1. The molecule has 0 aromatic heterocycles. The largest absolute Gasteiger partial charge is 0.0839 e. The van der Waals surface area contributed by atoms with Gasteiger partial charge in [0.15, 0.2) is 0 Å². The van der Waals surface area contributed by atoms with Crippen LogP contribution in [0.5, 0.6) is 0 Å². The molecule has 1 heteroatoms. The molecule has 2 aromatic carbocycles. The van der Waals surface area contributed by atoms with Gasteiger partial charge in [0.25, 0.3) is 0 Å². The van der Waals surface area contributed by atoms with E-state index < -0.39 is 0 Å². The van der Waals surface area contributed by atoms with E-state index in [1.54, 1.807) is 11.1 Å². The Morgan fingerprint density at radius 1 is 1.00 bits per heavy atom. The van der Waals surface area contributed by atoms with Crippen LogP contribution in [0.2, 0.25) is 0 Å². The number of hydrogen-bond acceptors (Lipinski definition) is 0. The first-order valence-corrected chi connectivity index (χ1v) is 9.03. The van der Waals surface area contributed by atoms with Crippen molar-refractivity contribution >= 4 is 15.9 Å². The predicted octanol–water partition coefficient (Wildman–Crippen LogP) is 6.41. The minimum Gasteiger partial charge on any atom is -0.0839 e. The molecule has 0 bridgehead atoms. The highest BCUT2D eigenvalue weighted by Gasteiger charge is 2.19. The van der Waals surface area contributed by atoms with Crippen LogP contribution in [0.1, 0.15) is 59.5 Å². The molecule has 0 heterocycles. The normalized spacial score (nSPS) is 19.0. The molecule has 2 unspecified atom stereocenters. The van der Waals surface area contributed by atoms with Crippen molar-refractivity contribution in [1.29, 1.82) is 0 Å². The van der Waals surface area contributed by atoms with Crippen LogP contribution in [0.15, 0.2) is 54.6 Å². The Balaban J connectivity index is 1.55. The molecule has 110 valence electrons. The highest BCUT2D eigenvalue weighted by Crippen LogP contribution is 2.36. The number of aryl methyl sites for hydroxylation is 1. The molecule has 3 rings (SSSR count). The first kappa shape index (κ1) is 14.8. The summed E-state index contributed by atoms with van der Waals surface area (Å²) in [6, 6.07) is 19.8. The molecule has 0 spiro atoms. The van der Waals surface area contributed by atoms with Gasteiger partial charge in [0.1, 0.15) is 0 Å². The monoisotopic (exact) mass is 342 g/mol. The van der Waals surface area contributed by atoms with E-state index in [1.165, 1.54) is 44.1 Å². The first-order valence-electron chi connectivity index (χ1n) is 8.11. The van der Waals surface area contributed by atoms with Crippen LogP contribution in [-0.4, -0.2) is 0 Å². The van der Waals surface area contributed by atoms with Crippen molar-refractivity contribution in [1.82, 2.24) is 0 Å². The van der Waals surface area contributed by atoms with Gasteiger partial charge >= 0.3 is 0 Å². The van der Waals surface area contributed by atoms with Gasteiger partial charge in [-0.15, -0.1) is 0 Å². The molecule has 21 heavy (non-hydrogen) atoms. The Kier molecular flexibility index (Phi) is 5.13. The lowest BCUT2D eigenvalue weighted by molar-refractivity contribution is 0.495. The van der Waals surface area contributed by atoms with Crippen molar-refractivity contribution in [3.63, 3.8) is 0 Å². The maximum absolute atomic E-state index is 3.84. The summed E-state index contributed by atoms with van der Waals surface area (Å²) in [4.78, 5) is 0.498. The van der Waals surface area contributed by atoms with Gasteiger partial charge in [0, 0.05) is 4.83 Å². The first-order chi connectivity index (χ1) is 10.3. The number of halogens is 1. The Bertz CT molecular complexity index is 561. The number of benzene rings is 2. The van der Waals surface area contributed by atoms with Crippen molar-refractivity contribution in [3.05, 3.63) is 71.3 Å². The van der Waals surface area contributed by atoms with Gasteiger partial charge in [-0.1, -0.05) is 76.9 Å². The lowest BCUT2D eigenvalue weighted by Crippen LogP contribution is -2.09. The van der Waals surface area contributed by atoms with Crippen molar-refractivity contribution < 1.29 is 0 Å². The quantitative estimate of drug-likeness (QED) is 0.550. The average Bonchev–Trinajstić information content (AvgIpc) is 2.56. The lowest BCUT2D eigenvalue weighted by Gasteiger charge is -2.25. The maximum atomic E-state index is 3.84. The van der Waals surface area contributed by atoms with E-state index in [9.17, 15) is 0 Å². The molecule has 0 saturated carbocycles. The van der Waals surface area contributed by atoms with Gasteiger partial charge in [-0.05, 0) is 54.7 Å². The molecular formula is C20H23Br. The fourth-order valence-corrected chi connectivity index (χ4v) is 4.16. The van der Waals surface area contributed by atoms with Gasteiger partial charge in [0.2, 0.25) is 0 Å². The minimum atomic E-state index is 0.498. The Morgan fingerprint density at radius 2 is 1.76 bits per heavy atom.